The molecule has 1 aliphatic heterocycles. The molecule has 4 rings (SSSR count). The number of aromatic amines is 1. The predicted octanol–water partition coefficient (Wildman–Crippen LogP) is 2.55. The van der Waals surface area contributed by atoms with Gasteiger partial charge in [-0.3, -0.25) is 9.89 Å². The molecular formula is C19H19N5O2. The molecule has 1 aromatic carbocycles. The van der Waals surface area contributed by atoms with Gasteiger partial charge in [0.15, 0.2) is 0 Å². The number of carbonyl (C=O) groups excluding carboxylic acids is 1. The Morgan fingerprint density at radius 3 is 2.88 bits per heavy atom. The van der Waals surface area contributed by atoms with E-state index in [1.54, 1.807) is 29.3 Å². The monoisotopic (exact) mass is 349 g/mol. The van der Waals surface area contributed by atoms with Gasteiger partial charge in [0.2, 0.25) is 5.88 Å². The van der Waals surface area contributed by atoms with Crippen LogP contribution in [0.2, 0.25) is 0 Å². The van der Waals surface area contributed by atoms with Gasteiger partial charge in [0, 0.05) is 24.4 Å². The molecule has 3 aromatic rings. The lowest BCUT2D eigenvalue weighted by molar-refractivity contribution is 0.0520. The molecule has 2 aromatic heterocycles. The Hall–Kier alpha value is -3.22. The number of hydrogen-bond acceptors (Lipinski definition) is 5. The molecule has 1 aliphatic rings. The van der Waals surface area contributed by atoms with Crippen LogP contribution in [0.3, 0.4) is 0 Å². The third-order valence-corrected chi connectivity index (χ3v) is 4.38. The summed E-state index contributed by atoms with van der Waals surface area (Å²) in [6, 6.07) is 15.1. The van der Waals surface area contributed by atoms with E-state index in [4.69, 9.17) is 4.74 Å². The van der Waals surface area contributed by atoms with Gasteiger partial charge in [-0.1, -0.05) is 30.3 Å². The van der Waals surface area contributed by atoms with E-state index in [2.05, 4.69) is 20.4 Å². The highest BCUT2D eigenvalue weighted by Crippen LogP contribution is 2.20. The summed E-state index contributed by atoms with van der Waals surface area (Å²) in [6.07, 6.45) is 3.29. The molecular weight excluding hydrogens is 330 g/mol. The molecule has 0 saturated carbocycles. The minimum atomic E-state index is -0.0825. The second kappa shape index (κ2) is 7.35. The number of nitrogens with one attached hydrogen (secondary N) is 1. The van der Waals surface area contributed by atoms with Crippen LogP contribution in [0.15, 0.2) is 54.7 Å². The normalized spacial score (nSPS) is 17.1. The second-order valence-corrected chi connectivity index (χ2v) is 6.23. The Bertz CT molecular complexity index is 866. The van der Waals surface area contributed by atoms with Crippen LogP contribution in [0, 0.1) is 0 Å². The van der Waals surface area contributed by atoms with E-state index < -0.39 is 0 Å². The molecule has 1 atom stereocenters. The Morgan fingerprint density at radius 2 is 2.08 bits per heavy atom. The second-order valence-electron chi connectivity index (χ2n) is 6.23. The number of carbonyl (C=O) groups is 1. The number of aromatic nitrogens is 4. The summed E-state index contributed by atoms with van der Waals surface area (Å²) in [4.78, 5) is 14.6. The molecule has 1 unspecified atom stereocenters. The molecule has 0 aliphatic carbocycles. The number of H-pyrrole nitrogens is 1. The molecule has 0 spiro atoms. The summed E-state index contributed by atoms with van der Waals surface area (Å²) < 4.78 is 5.85. The van der Waals surface area contributed by atoms with Crippen molar-refractivity contribution in [2.75, 3.05) is 13.1 Å². The van der Waals surface area contributed by atoms with Crippen molar-refractivity contribution in [3.8, 4) is 17.1 Å². The number of benzene rings is 1. The number of hydrogen-bond donors (Lipinski definition) is 1. The van der Waals surface area contributed by atoms with Gasteiger partial charge in [-0.2, -0.15) is 10.2 Å². The van der Waals surface area contributed by atoms with Gasteiger partial charge in [0.25, 0.3) is 5.91 Å². The molecule has 1 saturated heterocycles. The number of likely N-dealkylation sites (tertiary alicyclic amines) is 1. The lowest BCUT2D eigenvalue weighted by Crippen LogP contribution is -2.44. The van der Waals surface area contributed by atoms with E-state index in [1.165, 1.54) is 0 Å². The topological polar surface area (TPSA) is 84.0 Å². The molecule has 7 nitrogen and oxygen atoms in total. The van der Waals surface area contributed by atoms with Crippen molar-refractivity contribution in [3.05, 3.63) is 60.4 Å². The molecule has 1 amide bonds. The number of ether oxygens (including phenoxy) is 1. The summed E-state index contributed by atoms with van der Waals surface area (Å²) in [6.45, 7) is 1.23. The standard InChI is InChI=1S/C19H19N5O2/c25-19(17-12-16(21-22-17)14-6-2-1-3-7-14)24-11-5-8-15(13-24)26-18-9-4-10-20-23-18/h1-4,6-7,9-10,12,15H,5,8,11,13H2,(H,21,22). The average molecular weight is 349 g/mol. The third kappa shape index (κ3) is 3.56. The summed E-state index contributed by atoms with van der Waals surface area (Å²) in [7, 11) is 0. The first-order valence-corrected chi connectivity index (χ1v) is 8.64. The number of rotatable bonds is 4. The maximum absolute atomic E-state index is 12.8. The van der Waals surface area contributed by atoms with Crippen LogP contribution in [-0.2, 0) is 0 Å². The highest BCUT2D eigenvalue weighted by molar-refractivity contribution is 5.93. The predicted molar refractivity (Wildman–Crippen MR) is 95.6 cm³/mol. The van der Waals surface area contributed by atoms with E-state index in [0.29, 0.717) is 24.7 Å². The fourth-order valence-corrected chi connectivity index (χ4v) is 3.10. The van der Waals surface area contributed by atoms with Gasteiger partial charge in [-0.05, 0) is 25.0 Å². The lowest BCUT2D eigenvalue weighted by atomic mass is 10.1. The minimum Gasteiger partial charge on any atom is -0.471 e. The Labute approximate surface area is 151 Å². The summed E-state index contributed by atoms with van der Waals surface area (Å²) in [5.74, 6) is 0.423. The largest absolute Gasteiger partial charge is 0.471 e. The number of nitrogens with zero attached hydrogens (tertiary/aromatic N) is 4. The molecule has 26 heavy (non-hydrogen) atoms. The van der Waals surface area contributed by atoms with Gasteiger partial charge >= 0.3 is 0 Å². The number of piperidine rings is 1. The van der Waals surface area contributed by atoms with Gasteiger partial charge in [0.05, 0.1) is 12.2 Å². The maximum Gasteiger partial charge on any atom is 0.272 e. The quantitative estimate of drug-likeness (QED) is 0.782. The zero-order valence-corrected chi connectivity index (χ0v) is 14.2. The van der Waals surface area contributed by atoms with Gasteiger partial charge in [-0.15, -0.1) is 5.10 Å². The fourth-order valence-electron chi connectivity index (χ4n) is 3.10. The molecule has 1 fully saturated rings. The smallest absolute Gasteiger partial charge is 0.272 e. The van der Waals surface area contributed by atoms with Crippen molar-refractivity contribution >= 4 is 5.91 Å². The Morgan fingerprint density at radius 1 is 1.19 bits per heavy atom. The minimum absolute atomic E-state index is 0.0628. The van der Waals surface area contributed by atoms with Crippen LogP contribution >= 0.6 is 0 Å². The van der Waals surface area contributed by atoms with E-state index in [-0.39, 0.29) is 12.0 Å². The van der Waals surface area contributed by atoms with Crippen LogP contribution < -0.4 is 4.74 Å². The van der Waals surface area contributed by atoms with Crippen LogP contribution in [0.5, 0.6) is 5.88 Å². The van der Waals surface area contributed by atoms with Gasteiger partial charge in [-0.25, -0.2) is 0 Å². The van der Waals surface area contributed by atoms with Crippen LogP contribution in [0.25, 0.3) is 11.3 Å². The summed E-state index contributed by atoms with van der Waals surface area (Å²) in [5, 5.41) is 14.9. The first-order chi connectivity index (χ1) is 12.8. The number of amides is 1. The molecule has 0 radical (unpaired) electrons. The van der Waals surface area contributed by atoms with E-state index in [0.717, 1.165) is 24.1 Å². The average Bonchev–Trinajstić information content (AvgIpc) is 3.19. The van der Waals surface area contributed by atoms with Crippen LogP contribution in [0.4, 0.5) is 0 Å². The summed E-state index contributed by atoms with van der Waals surface area (Å²) >= 11 is 0. The van der Waals surface area contributed by atoms with Gasteiger partial charge < -0.3 is 9.64 Å². The lowest BCUT2D eigenvalue weighted by Gasteiger charge is -2.32. The Balaban J connectivity index is 1.44. The van der Waals surface area contributed by atoms with E-state index >= 15 is 0 Å². The molecule has 3 heterocycles. The summed E-state index contributed by atoms with van der Waals surface area (Å²) in [5.41, 5.74) is 2.23. The molecule has 132 valence electrons. The van der Waals surface area contributed by atoms with E-state index in [1.807, 2.05) is 30.3 Å². The highest BCUT2D eigenvalue weighted by Gasteiger charge is 2.27. The van der Waals surface area contributed by atoms with Crippen LogP contribution in [0.1, 0.15) is 23.3 Å². The fraction of sp³-hybridized carbons (Fsp3) is 0.263. The van der Waals surface area contributed by atoms with Crippen molar-refractivity contribution in [2.24, 2.45) is 0 Å². The molecule has 0 bridgehead atoms. The first kappa shape index (κ1) is 16.3. The van der Waals surface area contributed by atoms with Gasteiger partial charge in [0.1, 0.15) is 11.8 Å². The third-order valence-electron chi connectivity index (χ3n) is 4.38. The first-order valence-electron chi connectivity index (χ1n) is 8.64. The zero-order valence-electron chi connectivity index (χ0n) is 14.2. The molecule has 7 heteroatoms. The van der Waals surface area contributed by atoms with Crippen molar-refractivity contribution in [2.45, 2.75) is 18.9 Å². The SMILES string of the molecule is O=C(c1cc(-c2ccccc2)n[nH]1)N1CCCC(Oc2cccnn2)C1. The van der Waals surface area contributed by atoms with Crippen molar-refractivity contribution < 1.29 is 9.53 Å². The van der Waals surface area contributed by atoms with Crippen molar-refractivity contribution in [1.29, 1.82) is 0 Å². The highest BCUT2D eigenvalue weighted by atomic mass is 16.5. The Kier molecular flexibility index (Phi) is 4.59. The van der Waals surface area contributed by atoms with Crippen molar-refractivity contribution in [1.82, 2.24) is 25.3 Å². The van der Waals surface area contributed by atoms with Crippen LogP contribution in [-0.4, -0.2) is 50.4 Å². The zero-order chi connectivity index (χ0) is 17.8. The van der Waals surface area contributed by atoms with Crippen molar-refractivity contribution in [3.63, 3.8) is 0 Å². The molecule has 1 N–H and O–H groups in total. The maximum atomic E-state index is 12.8. The van der Waals surface area contributed by atoms with E-state index in [9.17, 15) is 4.79 Å².